The molecule has 0 rings (SSSR count). The fraction of sp³-hybridized carbons (Fsp3) is 0.600. The molecule has 108 valence electrons. The SMILES string of the molecule is C=C(C)C(=O)OCCCCCC(C)OC(=O)C(=C)C. The molecule has 0 aliphatic rings. The van der Waals surface area contributed by atoms with Crippen molar-refractivity contribution in [1.82, 2.24) is 0 Å². The van der Waals surface area contributed by atoms with Crippen LogP contribution in [0, 0.1) is 0 Å². The van der Waals surface area contributed by atoms with Crippen LogP contribution >= 0.6 is 0 Å². The number of carbonyl (C=O) groups excluding carboxylic acids is 2. The topological polar surface area (TPSA) is 52.6 Å². The number of hydrogen-bond acceptors (Lipinski definition) is 4. The van der Waals surface area contributed by atoms with Crippen LogP contribution in [0.5, 0.6) is 0 Å². The van der Waals surface area contributed by atoms with E-state index < -0.39 is 0 Å². The van der Waals surface area contributed by atoms with Crippen molar-refractivity contribution >= 4 is 11.9 Å². The van der Waals surface area contributed by atoms with E-state index in [-0.39, 0.29) is 18.0 Å². The summed E-state index contributed by atoms with van der Waals surface area (Å²) in [5, 5.41) is 0. The van der Waals surface area contributed by atoms with Gasteiger partial charge in [-0.1, -0.05) is 13.2 Å². The lowest BCUT2D eigenvalue weighted by Crippen LogP contribution is -2.15. The van der Waals surface area contributed by atoms with E-state index in [0.29, 0.717) is 17.8 Å². The fourth-order valence-corrected chi connectivity index (χ4v) is 1.34. The van der Waals surface area contributed by atoms with Crippen molar-refractivity contribution in [1.29, 1.82) is 0 Å². The third kappa shape index (κ3) is 9.05. The Bertz CT molecular complexity index is 344. The molecule has 0 aliphatic carbocycles. The molecule has 0 N–H and O–H groups in total. The molecule has 0 saturated carbocycles. The van der Waals surface area contributed by atoms with E-state index in [1.54, 1.807) is 13.8 Å². The van der Waals surface area contributed by atoms with Crippen molar-refractivity contribution in [3.63, 3.8) is 0 Å². The average Bonchev–Trinajstić information content (AvgIpc) is 2.32. The maximum Gasteiger partial charge on any atom is 0.333 e. The van der Waals surface area contributed by atoms with Crippen LogP contribution < -0.4 is 0 Å². The molecule has 0 bridgehead atoms. The second-order valence-corrected chi connectivity index (χ2v) is 4.76. The smallest absolute Gasteiger partial charge is 0.333 e. The second kappa shape index (κ2) is 9.36. The molecule has 0 aromatic heterocycles. The molecule has 0 spiro atoms. The molecule has 0 radical (unpaired) electrons. The third-order valence-electron chi connectivity index (χ3n) is 2.49. The van der Waals surface area contributed by atoms with Crippen LogP contribution in [0.15, 0.2) is 24.3 Å². The quantitative estimate of drug-likeness (QED) is 0.366. The van der Waals surface area contributed by atoms with Crippen LogP contribution in [0.25, 0.3) is 0 Å². The predicted octanol–water partition coefficient (Wildman–Crippen LogP) is 3.17. The number of esters is 2. The molecule has 0 saturated heterocycles. The zero-order valence-corrected chi connectivity index (χ0v) is 12.2. The molecule has 4 heteroatoms. The van der Waals surface area contributed by atoms with E-state index in [1.807, 2.05) is 6.92 Å². The van der Waals surface area contributed by atoms with Crippen molar-refractivity contribution < 1.29 is 19.1 Å². The largest absolute Gasteiger partial charge is 0.462 e. The van der Waals surface area contributed by atoms with Gasteiger partial charge in [-0.05, 0) is 46.5 Å². The minimum atomic E-state index is -0.345. The zero-order valence-electron chi connectivity index (χ0n) is 12.2. The van der Waals surface area contributed by atoms with Crippen molar-refractivity contribution in [2.24, 2.45) is 0 Å². The van der Waals surface area contributed by atoms with E-state index in [2.05, 4.69) is 13.2 Å². The number of hydrogen-bond donors (Lipinski definition) is 0. The van der Waals surface area contributed by atoms with Gasteiger partial charge in [-0.15, -0.1) is 0 Å². The van der Waals surface area contributed by atoms with Gasteiger partial charge in [0, 0.05) is 11.1 Å². The van der Waals surface area contributed by atoms with Crippen LogP contribution in [0.4, 0.5) is 0 Å². The zero-order chi connectivity index (χ0) is 14.8. The molecule has 0 fully saturated rings. The first-order valence-electron chi connectivity index (χ1n) is 6.53. The van der Waals surface area contributed by atoms with Crippen LogP contribution in [0.1, 0.15) is 46.5 Å². The second-order valence-electron chi connectivity index (χ2n) is 4.76. The third-order valence-corrected chi connectivity index (χ3v) is 2.49. The van der Waals surface area contributed by atoms with Gasteiger partial charge in [0.15, 0.2) is 0 Å². The van der Waals surface area contributed by atoms with Crippen molar-refractivity contribution in [3.05, 3.63) is 24.3 Å². The van der Waals surface area contributed by atoms with E-state index in [9.17, 15) is 9.59 Å². The molecular formula is C15H24O4. The lowest BCUT2D eigenvalue weighted by atomic mass is 10.1. The van der Waals surface area contributed by atoms with Gasteiger partial charge in [-0.25, -0.2) is 9.59 Å². The molecule has 0 heterocycles. The van der Waals surface area contributed by atoms with Gasteiger partial charge in [0.1, 0.15) is 0 Å². The summed E-state index contributed by atoms with van der Waals surface area (Å²) in [4.78, 5) is 22.3. The van der Waals surface area contributed by atoms with Gasteiger partial charge >= 0.3 is 11.9 Å². The first-order valence-corrected chi connectivity index (χ1v) is 6.53. The number of ether oxygens (including phenoxy) is 2. The molecule has 4 nitrogen and oxygen atoms in total. The Balaban J connectivity index is 3.54. The van der Waals surface area contributed by atoms with E-state index in [0.717, 1.165) is 25.7 Å². The molecule has 0 aromatic carbocycles. The maximum atomic E-state index is 11.2. The Labute approximate surface area is 115 Å². The highest BCUT2D eigenvalue weighted by atomic mass is 16.5. The molecule has 0 amide bonds. The predicted molar refractivity (Wildman–Crippen MR) is 74.6 cm³/mol. The Kier molecular flexibility index (Phi) is 8.58. The summed E-state index contributed by atoms with van der Waals surface area (Å²) >= 11 is 0. The summed E-state index contributed by atoms with van der Waals surface area (Å²) in [6.07, 6.45) is 3.35. The minimum Gasteiger partial charge on any atom is -0.462 e. The monoisotopic (exact) mass is 268 g/mol. The molecule has 0 aliphatic heterocycles. The summed E-state index contributed by atoms with van der Waals surface area (Å²) in [6.45, 7) is 12.6. The van der Waals surface area contributed by atoms with Gasteiger partial charge < -0.3 is 9.47 Å². The molecule has 1 unspecified atom stereocenters. The summed E-state index contributed by atoms with van der Waals surface area (Å²) in [6, 6.07) is 0. The highest BCUT2D eigenvalue weighted by Crippen LogP contribution is 2.08. The standard InChI is InChI=1S/C15H24O4/c1-11(2)14(16)18-10-8-6-7-9-13(5)19-15(17)12(3)4/h13H,1,3,6-10H2,2,4-5H3. The van der Waals surface area contributed by atoms with Gasteiger partial charge in [-0.3, -0.25) is 0 Å². The Hall–Kier alpha value is -1.58. The summed E-state index contributed by atoms with van der Waals surface area (Å²) in [7, 11) is 0. The van der Waals surface area contributed by atoms with Crippen LogP contribution in [-0.2, 0) is 19.1 Å². The Morgan fingerprint density at radius 2 is 1.58 bits per heavy atom. The van der Waals surface area contributed by atoms with Gasteiger partial charge in [0.25, 0.3) is 0 Å². The van der Waals surface area contributed by atoms with E-state index >= 15 is 0 Å². The summed E-state index contributed by atoms with van der Waals surface area (Å²) in [5.41, 5.74) is 0.832. The van der Waals surface area contributed by atoms with Crippen molar-refractivity contribution in [2.45, 2.75) is 52.6 Å². The molecule has 19 heavy (non-hydrogen) atoms. The van der Waals surface area contributed by atoms with Crippen molar-refractivity contribution in [3.8, 4) is 0 Å². The van der Waals surface area contributed by atoms with E-state index in [1.165, 1.54) is 0 Å². The average molecular weight is 268 g/mol. The number of unbranched alkanes of at least 4 members (excludes halogenated alkanes) is 2. The van der Waals surface area contributed by atoms with Gasteiger partial charge in [-0.2, -0.15) is 0 Å². The lowest BCUT2D eigenvalue weighted by molar-refractivity contribution is -0.144. The molecule has 1 atom stereocenters. The number of carbonyl (C=O) groups is 2. The normalized spacial score (nSPS) is 11.5. The summed E-state index contributed by atoms with van der Waals surface area (Å²) in [5.74, 6) is -0.688. The van der Waals surface area contributed by atoms with Gasteiger partial charge in [0.05, 0.1) is 12.7 Å². The first kappa shape index (κ1) is 17.4. The maximum absolute atomic E-state index is 11.2. The fourth-order valence-electron chi connectivity index (χ4n) is 1.34. The van der Waals surface area contributed by atoms with Crippen LogP contribution in [0.3, 0.4) is 0 Å². The van der Waals surface area contributed by atoms with Crippen molar-refractivity contribution in [2.75, 3.05) is 6.61 Å². The van der Waals surface area contributed by atoms with Crippen LogP contribution in [-0.4, -0.2) is 24.6 Å². The van der Waals surface area contributed by atoms with E-state index in [4.69, 9.17) is 9.47 Å². The first-order chi connectivity index (χ1) is 8.84. The van der Waals surface area contributed by atoms with Gasteiger partial charge in [0.2, 0.25) is 0 Å². The lowest BCUT2D eigenvalue weighted by Gasteiger charge is -2.12. The molecular weight excluding hydrogens is 244 g/mol. The minimum absolute atomic E-state index is 0.109. The highest BCUT2D eigenvalue weighted by Gasteiger charge is 2.09. The Morgan fingerprint density at radius 3 is 2.11 bits per heavy atom. The Morgan fingerprint density at radius 1 is 1.00 bits per heavy atom. The molecule has 0 aromatic rings. The van der Waals surface area contributed by atoms with Crippen LogP contribution in [0.2, 0.25) is 0 Å². The number of rotatable bonds is 9. The summed E-state index contributed by atoms with van der Waals surface area (Å²) < 4.78 is 10.1. The highest BCUT2D eigenvalue weighted by molar-refractivity contribution is 5.87.